The van der Waals surface area contributed by atoms with Crippen molar-refractivity contribution in [1.29, 1.82) is 0 Å². The van der Waals surface area contributed by atoms with Gasteiger partial charge in [0.05, 0.1) is 6.10 Å². The van der Waals surface area contributed by atoms with Crippen LogP contribution in [-0.2, 0) is 9.59 Å². The zero-order chi connectivity index (χ0) is 13.2. The van der Waals surface area contributed by atoms with Crippen LogP contribution in [0.5, 0.6) is 0 Å². The molecule has 6 heteroatoms. The van der Waals surface area contributed by atoms with Gasteiger partial charge < -0.3 is 16.2 Å². The Balaban J connectivity index is 2.05. The van der Waals surface area contributed by atoms with Gasteiger partial charge in [0.1, 0.15) is 5.54 Å². The first-order chi connectivity index (χ1) is 8.60. The van der Waals surface area contributed by atoms with Crippen LogP contribution < -0.4 is 11.1 Å². The molecule has 2 amide bonds. The molecule has 0 aliphatic carbocycles. The number of amides is 2. The highest BCUT2D eigenvalue weighted by molar-refractivity contribution is 5.85. The Kier molecular flexibility index (Phi) is 3.87. The molecule has 18 heavy (non-hydrogen) atoms. The first-order valence-electron chi connectivity index (χ1n) is 6.52. The molecule has 2 aliphatic heterocycles. The lowest BCUT2D eigenvalue weighted by Crippen LogP contribution is -2.60. The van der Waals surface area contributed by atoms with E-state index in [1.165, 1.54) is 0 Å². The quantitative estimate of drug-likeness (QED) is 0.529. The average molecular weight is 255 g/mol. The van der Waals surface area contributed by atoms with Crippen LogP contribution in [-0.4, -0.2) is 53.1 Å². The van der Waals surface area contributed by atoms with Crippen molar-refractivity contribution >= 4 is 12.3 Å². The highest BCUT2D eigenvalue weighted by atomic mass is 16.3. The molecule has 0 aromatic heterocycles. The molecule has 102 valence electrons. The van der Waals surface area contributed by atoms with Crippen molar-refractivity contribution in [1.82, 2.24) is 10.2 Å². The number of primary amides is 1. The molecule has 4 N–H and O–H groups in total. The number of rotatable bonds is 6. The summed E-state index contributed by atoms with van der Waals surface area (Å²) in [6.45, 7) is 0.607. The van der Waals surface area contributed by atoms with Gasteiger partial charge in [-0.05, 0) is 32.1 Å². The van der Waals surface area contributed by atoms with E-state index in [1.807, 2.05) is 0 Å². The number of piperidine rings is 1. The van der Waals surface area contributed by atoms with Crippen molar-refractivity contribution in [2.24, 2.45) is 5.73 Å². The number of nitrogens with two attached hydrogens (primary N) is 1. The lowest BCUT2D eigenvalue weighted by molar-refractivity contribution is -0.132. The smallest absolute Gasteiger partial charge is 0.237 e. The van der Waals surface area contributed by atoms with Crippen LogP contribution >= 0.6 is 0 Å². The Hall–Kier alpha value is -1.14. The SMILES string of the molecule is NC(=O)[C@]12CCC[C@H](CC1)N2CC(O)CNC=O. The molecule has 0 saturated carbocycles. The highest BCUT2D eigenvalue weighted by Gasteiger charge is 2.52. The number of carbonyl (C=O) groups excluding carboxylic acids is 2. The molecule has 0 aromatic rings. The van der Waals surface area contributed by atoms with Crippen LogP contribution in [0.2, 0.25) is 0 Å². The Morgan fingerprint density at radius 2 is 2.33 bits per heavy atom. The summed E-state index contributed by atoms with van der Waals surface area (Å²) in [5.41, 5.74) is 5.01. The first kappa shape index (κ1) is 13.3. The number of hydrogen-bond acceptors (Lipinski definition) is 4. The molecule has 2 saturated heterocycles. The molecule has 2 heterocycles. The summed E-state index contributed by atoms with van der Waals surface area (Å²) in [6, 6.07) is 0.345. The molecule has 0 radical (unpaired) electrons. The standard InChI is InChI=1S/C12H21N3O3/c13-11(18)12-4-1-2-9(3-5-12)15(12)7-10(17)6-14-8-16/h8-10,17H,1-7H2,(H2,13,18)(H,14,16)/t9-,10?,12+/m1/s1. The van der Waals surface area contributed by atoms with Crippen molar-refractivity contribution in [3.63, 3.8) is 0 Å². The maximum atomic E-state index is 11.8. The molecule has 0 aromatic carbocycles. The van der Waals surface area contributed by atoms with Gasteiger partial charge in [-0.3, -0.25) is 14.5 Å². The highest BCUT2D eigenvalue weighted by Crippen LogP contribution is 2.43. The predicted octanol–water partition coefficient (Wildman–Crippen LogP) is -1.03. The molecular weight excluding hydrogens is 234 g/mol. The van der Waals surface area contributed by atoms with Gasteiger partial charge >= 0.3 is 0 Å². The lowest BCUT2D eigenvalue weighted by atomic mass is 9.87. The van der Waals surface area contributed by atoms with Crippen molar-refractivity contribution in [2.45, 2.75) is 49.8 Å². The van der Waals surface area contributed by atoms with Gasteiger partial charge in [0.25, 0.3) is 0 Å². The molecule has 2 fully saturated rings. The van der Waals surface area contributed by atoms with Gasteiger partial charge in [-0.1, -0.05) is 0 Å². The summed E-state index contributed by atoms with van der Waals surface area (Å²) >= 11 is 0. The molecule has 2 aliphatic rings. The van der Waals surface area contributed by atoms with Crippen LogP contribution in [0.15, 0.2) is 0 Å². The third kappa shape index (κ3) is 2.22. The molecule has 3 atom stereocenters. The minimum Gasteiger partial charge on any atom is -0.390 e. The maximum Gasteiger partial charge on any atom is 0.237 e. The van der Waals surface area contributed by atoms with E-state index in [4.69, 9.17) is 5.73 Å². The summed E-state index contributed by atoms with van der Waals surface area (Å²) in [5, 5.41) is 12.3. The van der Waals surface area contributed by atoms with Crippen molar-refractivity contribution in [3.8, 4) is 0 Å². The Labute approximate surface area is 107 Å². The minimum atomic E-state index is -0.660. The van der Waals surface area contributed by atoms with Crippen molar-refractivity contribution in [2.75, 3.05) is 13.1 Å². The fourth-order valence-corrected chi connectivity index (χ4v) is 3.44. The second kappa shape index (κ2) is 5.24. The van der Waals surface area contributed by atoms with Gasteiger partial charge in [-0.25, -0.2) is 0 Å². The Morgan fingerprint density at radius 3 is 3.00 bits per heavy atom. The largest absolute Gasteiger partial charge is 0.390 e. The number of aliphatic hydroxyl groups is 1. The van der Waals surface area contributed by atoms with E-state index in [0.29, 0.717) is 19.0 Å². The van der Waals surface area contributed by atoms with E-state index in [1.54, 1.807) is 0 Å². The summed E-state index contributed by atoms with van der Waals surface area (Å²) in [5.74, 6) is -0.278. The maximum absolute atomic E-state index is 11.8. The normalized spacial score (nSPS) is 33.1. The van der Waals surface area contributed by atoms with Gasteiger partial charge in [0.2, 0.25) is 12.3 Å². The fourth-order valence-electron chi connectivity index (χ4n) is 3.44. The molecule has 6 nitrogen and oxygen atoms in total. The molecule has 1 unspecified atom stereocenters. The van der Waals surface area contributed by atoms with Gasteiger partial charge in [0, 0.05) is 19.1 Å². The first-order valence-corrected chi connectivity index (χ1v) is 6.52. The molecular formula is C12H21N3O3. The number of nitrogens with one attached hydrogen (secondary N) is 1. The number of carbonyl (C=O) groups is 2. The van der Waals surface area contributed by atoms with Crippen LogP contribution in [0.3, 0.4) is 0 Å². The van der Waals surface area contributed by atoms with E-state index in [2.05, 4.69) is 10.2 Å². The molecule has 2 bridgehead atoms. The van der Waals surface area contributed by atoms with E-state index in [0.717, 1.165) is 32.1 Å². The summed E-state index contributed by atoms with van der Waals surface area (Å²) in [6.07, 6.45) is 4.53. The van der Waals surface area contributed by atoms with E-state index < -0.39 is 11.6 Å². The lowest BCUT2D eigenvalue weighted by Gasteiger charge is -2.43. The third-order valence-corrected chi connectivity index (χ3v) is 4.31. The summed E-state index contributed by atoms with van der Waals surface area (Å²) in [4.78, 5) is 24.0. The number of aliphatic hydroxyl groups excluding tert-OH is 1. The Bertz CT molecular complexity index is 333. The monoisotopic (exact) mass is 255 g/mol. The fraction of sp³-hybridized carbons (Fsp3) is 0.833. The molecule has 2 rings (SSSR count). The number of nitrogens with zero attached hydrogens (tertiary/aromatic N) is 1. The van der Waals surface area contributed by atoms with Crippen LogP contribution in [0, 0.1) is 0 Å². The zero-order valence-electron chi connectivity index (χ0n) is 10.5. The average Bonchev–Trinajstić information content (AvgIpc) is 2.56. The van der Waals surface area contributed by atoms with E-state index in [9.17, 15) is 14.7 Å². The number of fused-ring (bicyclic) bond motifs is 2. The van der Waals surface area contributed by atoms with Gasteiger partial charge in [0.15, 0.2) is 0 Å². The Morgan fingerprint density at radius 1 is 1.56 bits per heavy atom. The van der Waals surface area contributed by atoms with Gasteiger partial charge in [-0.15, -0.1) is 0 Å². The zero-order valence-corrected chi connectivity index (χ0v) is 10.5. The van der Waals surface area contributed by atoms with Crippen LogP contribution in [0.1, 0.15) is 32.1 Å². The minimum absolute atomic E-state index is 0.210. The number of hydrogen-bond donors (Lipinski definition) is 3. The topological polar surface area (TPSA) is 95.7 Å². The van der Waals surface area contributed by atoms with E-state index in [-0.39, 0.29) is 12.5 Å². The third-order valence-electron chi connectivity index (χ3n) is 4.31. The van der Waals surface area contributed by atoms with Crippen LogP contribution in [0.25, 0.3) is 0 Å². The van der Waals surface area contributed by atoms with Crippen molar-refractivity contribution < 1.29 is 14.7 Å². The van der Waals surface area contributed by atoms with E-state index >= 15 is 0 Å². The summed E-state index contributed by atoms with van der Waals surface area (Å²) in [7, 11) is 0. The molecule has 0 spiro atoms. The van der Waals surface area contributed by atoms with Gasteiger partial charge in [-0.2, -0.15) is 0 Å². The second-order valence-electron chi connectivity index (χ2n) is 5.31. The number of β-amino-alcohol motifs (C(OH)–C–C–N with tert-alkyl or cyclic N) is 1. The van der Waals surface area contributed by atoms with Crippen molar-refractivity contribution in [3.05, 3.63) is 0 Å². The predicted molar refractivity (Wildman–Crippen MR) is 65.6 cm³/mol. The second-order valence-corrected chi connectivity index (χ2v) is 5.31. The van der Waals surface area contributed by atoms with Crippen LogP contribution in [0.4, 0.5) is 0 Å². The summed E-state index contributed by atoms with van der Waals surface area (Å²) < 4.78 is 0.